The number of methoxy groups -OCH3 is 1. The van der Waals surface area contributed by atoms with Crippen molar-refractivity contribution in [3.05, 3.63) is 88.5 Å². The van der Waals surface area contributed by atoms with E-state index in [0.717, 1.165) is 0 Å². The SMILES string of the molecule is COC(=O)c1ccc(Nc2ccc(N)c3c2C(=O)c2ccccc2C3=O)cc1. The van der Waals surface area contributed by atoms with Crippen LogP contribution in [-0.2, 0) is 4.74 Å². The van der Waals surface area contributed by atoms with Crippen LogP contribution in [0.1, 0.15) is 42.2 Å². The number of esters is 1. The van der Waals surface area contributed by atoms with Crippen molar-refractivity contribution >= 4 is 34.6 Å². The van der Waals surface area contributed by atoms with E-state index in [0.29, 0.717) is 28.1 Å². The Balaban J connectivity index is 1.77. The maximum absolute atomic E-state index is 13.1. The van der Waals surface area contributed by atoms with Crippen LogP contribution in [0.15, 0.2) is 60.7 Å². The molecule has 0 spiro atoms. The van der Waals surface area contributed by atoms with E-state index >= 15 is 0 Å². The van der Waals surface area contributed by atoms with E-state index in [2.05, 4.69) is 10.1 Å². The Morgan fingerprint density at radius 3 is 2.07 bits per heavy atom. The van der Waals surface area contributed by atoms with Crippen molar-refractivity contribution in [3.63, 3.8) is 0 Å². The van der Waals surface area contributed by atoms with E-state index in [1.54, 1.807) is 60.7 Å². The lowest BCUT2D eigenvalue weighted by Gasteiger charge is -2.22. The fraction of sp³-hybridized carbons (Fsp3) is 0.0455. The average Bonchev–Trinajstić information content (AvgIpc) is 2.73. The number of nitrogen functional groups attached to an aromatic ring is 1. The highest BCUT2D eigenvalue weighted by Gasteiger charge is 2.33. The van der Waals surface area contributed by atoms with Gasteiger partial charge in [-0.3, -0.25) is 9.59 Å². The van der Waals surface area contributed by atoms with Crippen LogP contribution in [0.4, 0.5) is 17.1 Å². The number of ketones is 2. The number of carbonyl (C=O) groups excluding carboxylic acids is 3. The number of hydrogen-bond acceptors (Lipinski definition) is 6. The fourth-order valence-electron chi connectivity index (χ4n) is 3.31. The molecule has 0 aromatic heterocycles. The summed E-state index contributed by atoms with van der Waals surface area (Å²) in [6.45, 7) is 0. The summed E-state index contributed by atoms with van der Waals surface area (Å²) in [6.07, 6.45) is 0. The number of nitrogens with two attached hydrogens (primary N) is 1. The summed E-state index contributed by atoms with van der Waals surface area (Å²) in [5, 5.41) is 3.14. The molecule has 0 fully saturated rings. The molecular formula is C22H16N2O4. The first-order valence-electron chi connectivity index (χ1n) is 8.57. The molecule has 3 aromatic carbocycles. The second-order valence-corrected chi connectivity index (χ2v) is 6.35. The first kappa shape index (κ1) is 17.5. The van der Waals surface area contributed by atoms with Gasteiger partial charge in [0.25, 0.3) is 0 Å². The number of fused-ring (bicyclic) bond motifs is 2. The minimum Gasteiger partial charge on any atom is -0.465 e. The van der Waals surface area contributed by atoms with E-state index < -0.39 is 5.97 Å². The lowest BCUT2D eigenvalue weighted by molar-refractivity contribution is 0.0600. The summed E-state index contributed by atoms with van der Waals surface area (Å²) in [5.74, 6) is -0.965. The average molecular weight is 372 g/mol. The van der Waals surface area contributed by atoms with Crippen LogP contribution in [0.2, 0.25) is 0 Å². The molecular weight excluding hydrogens is 356 g/mol. The predicted molar refractivity (Wildman–Crippen MR) is 105 cm³/mol. The van der Waals surface area contributed by atoms with Gasteiger partial charge in [-0.2, -0.15) is 0 Å². The Kier molecular flexibility index (Phi) is 4.16. The Morgan fingerprint density at radius 1 is 0.857 bits per heavy atom. The quantitative estimate of drug-likeness (QED) is 0.421. The van der Waals surface area contributed by atoms with Gasteiger partial charge < -0.3 is 15.8 Å². The lowest BCUT2D eigenvalue weighted by atomic mass is 9.82. The van der Waals surface area contributed by atoms with Gasteiger partial charge in [0, 0.05) is 22.5 Å². The van der Waals surface area contributed by atoms with Crippen LogP contribution in [-0.4, -0.2) is 24.6 Å². The second kappa shape index (κ2) is 6.66. The smallest absolute Gasteiger partial charge is 0.337 e. The van der Waals surface area contributed by atoms with Crippen LogP contribution in [0.3, 0.4) is 0 Å². The zero-order valence-corrected chi connectivity index (χ0v) is 15.0. The maximum Gasteiger partial charge on any atom is 0.337 e. The Morgan fingerprint density at radius 2 is 1.46 bits per heavy atom. The van der Waals surface area contributed by atoms with Crippen molar-refractivity contribution in [3.8, 4) is 0 Å². The maximum atomic E-state index is 13.1. The largest absolute Gasteiger partial charge is 0.465 e. The van der Waals surface area contributed by atoms with E-state index in [9.17, 15) is 14.4 Å². The van der Waals surface area contributed by atoms with Crippen LogP contribution >= 0.6 is 0 Å². The van der Waals surface area contributed by atoms with Crippen molar-refractivity contribution in [1.29, 1.82) is 0 Å². The third kappa shape index (κ3) is 2.72. The molecule has 1 aliphatic rings. The first-order chi connectivity index (χ1) is 13.5. The zero-order chi connectivity index (χ0) is 19.8. The first-order valence-corrected chi connectivity index (χ1v) is 8.57. The molecule has 3 aromatic rings. The predicted octanol–water partition coefficient (Wildman–Crippen LogP) is 3.57. The molecule has 1 aliphatic carbocycles. The fourth-order valence-corrected chi connectivity index (χ4v) is 3.31. The molecule has 6 nitrogen and oxygen atoms in total. The third-order valence-corrected chi connectivity index (χ3v) is 4.69. The minimum atomic E-state index is -0.436. The van der Waals surface area contributed by atoms with Crippen molar-refractivity contribution < 1.29 is 19.1 Å². The Labute approximate surface area is 160 Å². The van der Waals surface area contributed by atoms with Gasteiger partial charge in [0.2, 0.25) is 0 Å². The number of benzene rings is 3. The van der Waals surface area contributed by atoms with E-state index in [-0.39, 0.29) is 28.4 Å². The topological polar surface area (TPSA) is 98.5 Å². The molecule has 0 aliphatic heterocycles. The lowest BCUT2D eigenvalue weighted by Crippen LogP contribution is -2.23. The van der Waals surface area contributed by atoms with Crippen LogP contribution < -0.4 is 11.1 Å². The monoisotopic (exact) mass is 372 g/mol. The van der Waals surface area contributed by atoms with Gasteiger partial charge in [0.05, 0.1) is 29.5 Å². The number of carbonyl (C=O) groups is 3. The molecule has 3 N–H and O–H groups in total. The van der Waals surface area contributed by atoms with E-state index in [1.165, 1.54) is 7.11 Å². The van der Waals surface area contributed by atoms with E-state index in [4.69, 9.17) is 5.73 Å². The van der Waals surface area contributed by atoms with Crippen molar-refractivity contribution in [2.24, 2.45) is 0 Å². The molecule has 0 bridgehead atoms. The highest BCUT2D eigenvalue weighted by molar-refractivity contribution is 6.31. The van der Waals surface area contributed by atoms with E-state index in [1.807, 2.05) is 0 Å². The number of ether oxygens (including phenoxy) is 1. The van der Waals surface area contributed by atoms with Crippen molar-refractivity contribution in [2.75, 3.05) is 18.2 Å². The minimum absolute atomic E-state index is 0.208. The molecule has 28 heavy (non-hydrogen) atoms. The molecule has 0 saturated carbocycles. The zero-order valence-electron chi connectivity index (χ0n) is 15.0. The number of rotatable bonds is 3. The third-order valence-electron chi connectivity index (χ3n) is 4.69. The highest BCUT2D eigenvalue weighted by Crippen LogP contribution is 2.36. The van der Waals surface area contributed by atoms with Crippen LogP contribution in [0, 0.1) is 0 Å². The summed E-state index contributed by atoms with van der Waals surface area (Å²) in [4.78, 5) is 37.6. The number of nitrogens with one attached hydrogen (secondary N) is 1. The van der Waals surface area contributed by atoms with Crippen molar-refractivity contribution in [1.82, 2.24) is 0 Å². The van der Waals surface area contributed by atoms with Gasteiger partial charge in [-0.15, -0.1) is 0 Å². The molecule has 138 valence electrons. The number of anilines is 3. The Hall–Kier alpha value is -3.93. The van der Waals surface area contributed by atoms with Gasteiger partial charge in [-0.1, -0.05) is 24.3 Å². The van der Waals surface area contributed by atoms with Crippen molar-refractivity contribution in [2.45, 2.75) is 0 Å². The summed E-state index contributed by atoms with van der Waals surface area (Å²) < 4.78 is 4.69. The number of hydrogen-bond donors (Lipinski definition) is 2. The van der Waals surface area contributed by atoms with Gasteiger partial charge in [-0.25, -0.2) is 4.79 Å². The molecule has 0 radical (unpaired) electrons. The summed E-state index contributed by atoms with van der Waals surface area (Å²) >= 11 is 0. The van der Waals surface area contributed by atoms with Crippen LogP contribution in [0.25, 0.3) is 0 Å². The van der Waals surface area contributed by atoms with Crippen LogP contribution in [0.5, 0.6) is 0 Å². The standard InChI is InChI=1S/C22H16N2O4/c1-28-22(27)12-6-8-13(9-7-12)24-17-11-10-16(23)18-19(17)21(26)15-5-3-2-4-14(15)20(18)25/h2-11,24H,23H2,1H3. The summed E-state index contributed by atoms with van der Waals surface area (Å²) in [7, 11) is 1.32. The molecule has 0 atom stereocenters. The normalized spacial score (nSPS) is 12.2. The molecule has 4 rings (SSSR count). The molecule has 0 amide bonds. The second-order valence-electron chi connectivity index (χ2n) is 6.35. The van der Waals surface area contributed by atoms with Gasteiger partial charge in [0.15, 0.2) is 11.6 Å². The summed E-state index contributed by atoms with van der Waals surface area (Å²) in [5.41, 5.74) is 8.99. The molecule has 0 unspecified atom stereocenters. The van der Waals surface area contributed by atoms with Gasteiger partial charge >= 0.3 is 5.97 Å². The highest BCUT2D eigenvalue weighted by atomic mass is 16.5. The Bertz CT molecular complexity index is 1130. The molecule has 6 heteroatoms. The molecule has 0 heterocycles. The molecule has 0 saturated heterocycles. The van der Waals surface area contributed by atoms with Gasteiger partial charge in [0.1, 0.15) is 0 Å². The summed E-state index contributed by atoms with van der Waals surface area (Å²) in [6, 6.07) is 16.6. The van der Waals surface area contributed by atoms with Gasteiger partial charge in [-0.05, 0) is 36.4 Å².